The van der Waals surface area contributed by atoms with Crippen molar-refractivity contribution in [2.75, 3.05) is 0 Å². The molecule has 3 aromatic carbocycles. The molecule has 126 valence electrons. The van der Waals surface area contributed by atoms with E-state index in [2.05, 4.69) is 97.1 Å². The van der Waals surface area contributed by atoms with Crippen molar-refractivity contribution >= 4 is 32.7 Å². The van der Waals surface area contributed by atoms with Crippen molar-refractivity contribution in [3.8, 4) is 0 Å². The van der Waals surface area contributed by atoms with E-state index < -0.39 is 0 Å². The molecule has 1 fully saturated rings. The Labute approximate surface area is 157 Å². The van der Waals surface area contributed by atoms with Gasteiger partial charge in [0.05, 0.1) is 0 Å². The second kappa shape index (κ2) is 4.40. The lowest BCUT2D eigenvalue weighted by Crippen LogP contribution is -2.40. The first-order valence-electron chi connectivity index (χ1n) is 9.77. The van der Waals surface area contributed by atoms with Crippen LogP contribution >= 0.6 is 0 Å². The minimum absolute atomic E-state index is 0.135. The molecule has 0 aromatic heterocycles. The van der Waals surface area contributed by atoms with Crippen molar-refractivity contribution in [2.45, 2.75) is 6.42 Å². The zero-order valence-corrected chi connectivity index (χ0v) is 14.9. The van der Waals surface area contributed by atoms with Crippen LogP contribution in [0, 0.1) is 10.8 Å². The SMILES string of the molecule is C1=CC2=c3c(c4ccccc4c4ccccc34)=C3C=CC=CC34CC24C=C1. The highest BCUT2D eigenvalue weighted by molar-refractivity contribution is 6.11. The fraction of sp³-hybridized carbons (Fsp3) is 0.111. The van der Waals surface area contributed by atoms with Gasteiger partial charge < -0.3 is 0 Å². The molecule has 2 spiro atoms. The summed E-state index contributed by atoms with van der Waals surface area (Å²) in [5.74, 6) is 0. The molecule has 0 bridgehead atoms. The average molecular weight is 342 g/mol. The summed E-state index contributed by atoms with van der Waals surface area (Å²) in [4.78, 5) is 0. The molecule has 0 heteroatoms. The molecule has 0 nitrogen and oxygen atoms in total. The molecule has 0 N–H and O–H groups in total. The molecule has 3 aromatic rings. The van der Waals surface area contributed by atoms with Gasteiger partial charge in [0.1, 0.15) is 0 Å². The maximum atomic E-state index is 2.46. The van der Waals surface area contributed by atoms with Gasteiger partial charge in [0.15, 0.2) is 0 Å². The Kier molecular flexibility index (Phi) is 2.28. The van der Waals surface area contributed by atoms with Crippen molar-refractivity contribution in [1.82, 2.24) is 0 Å². The van der Waals surface area contributed by atoms with E-state index in [1.165, 1.54) is 49.5 Å². The quantitative estimate of drug-likeness (QED) is 0.508. The average Bonchev–Trinajstić information content (AvgIpc) is 3.37. The molecule has 0 radical (unpaired) electrons. The number of rotatable bonds is 0. The topological polar surface area (TPSA) is 0 Å². The highest BCUT2D eigenvalue weighted by Crippen LogP contribution is 2.76. The maximum Gasteiger partial charge on any atom is 0.0286 e. The summed E-state index contributed by atoms with van der Waals surface area (Å²) in [5.41, 5.74) is 3.28. The molecular weight excluding hydrogens is 324 g/mol. The first kappa shape index (κ1) is 14.0. The summed E-state index contributed by atoms with van der Waals surface area (Å²) in [6, 6.07) is 17.9. The Morgan fingerprint density at radius 1 is 0.519 bits per heavy atom. The van der Waals surface area contributed by atoms with Crippen LogP contribution in [0.2, 0.25) is 0 Å². The third-order valence-electron chi connectivity index (χ3n) is 7.17. The summed E-state index contributed by atoms with van der Waals surface area (Å²) < 4.78 is 0. The Balaban J connectivity index is 1.91. The van der Waals surface area contributed by atoms with Crippen molar-refractivity contribution in [2.24, 2.45) is 10.8 Å². The molecule has 27 heavy (non-hydrogen) atoms. The van der Waals surface area contributed by atoms with Gasteiger partial charge in [-0.1, -0.05) is 97.1 Å². The zero-order chi connectivity index (χ0) is 17.6. The Morgan fingerprint density at radius 2 is 0.963 bits per heavy atom. The summed E-state index contributed by atoms with van der Waals surface area (Å²) in [7, 11) is 0. The maximum absolute atomic E-state index is 2.46. The fourth-order valence-corrected chi connectivity index (χ4v) is 6.02. The van der Waals surface area contributed by atoms with E-state index in [4.69, 9.17) is 0 Å². The molecule has 4 aliphatic carbocycles. The number of benzene rings is 3. The van der Waals surface area contributed by atoms with Crippen molar-refractivity contribution in [3.05, 3.63) is 108 Å². The van der Waals surface area contributed by atoms with Gasteiger partial charge in [-0.3, -0.25) is 0 Å². The number of fused-ring (bicyclic) bond motifs is 6. The third kappa shape index (κ3) is 1.42. The summed E-state index contributed by atoms with van der Waals surface area (Å²) in [5, 5.41) is 8.40. The van der Waals surface area contributed by atoms with Crippen molar-refractivity contribution < 1.29 is 0 Å². The highest BCUT2D eigenvalue weighted by Gasteiger charge is 2.69. The second-order valence-electron chi connectivity index (χ2n) is 8.22. The van der Waals surface area contributed by atoms with Crippen LogP contribution in [-0.2, 0) is 0 Å². The van der Waals surface area contributed by atoms with Crippen LogP contribution in [0.3, 0.4) is 0 Å². The van der Waals surface area contributed by atoms with Gasteiger partial charge in [0, 0.05) is 10.8 Å². The number of hydrogen-bond donors (Lipinski definition) is 0. The van der Waals surface area contributed by atoms with Gasteiger partial charge in [-0.2, -0.15) is 0 Å². The van der Waals surface area contributed by atoms with Crippen LogP contribution in [0.5, 0.6) is 0 Å². The second-order valence-corrected chi connectivity index (χ2v) is 8.22. The largest absolute Gasteiger partial charge is 0.0727 e. The molecular formula is C27H18. The zero-order valence-electron chi connectivity index (χ0n) is 14.9. The van der Waals surface area contributed by atoms with Crippen LogP contribution in [0.15, 0.2) is 97.1 Å². The van der Waals surface area contributed by atoms with Crippen molar-refractivity contribution in [1.29, 1.82) is 0 Å². The smallest absolute Gasteiger partial charge is 0.0286 e. The third-order valence-corrected chi connectivity index (χ3v) is 7.17. The van der Waals surface area contributed by atoms with Crippen molar-refractivity contribution in [3.63, 3.8) is 0 Å². The van der Waals surface area contributed by atoms with Gasteiger partial charge in [0.2, 0.25) is 0 Å². The lowest BCUT2D eigenvalue weighted by molar-refractivity contribution is 0.696. The van der Waals surface area contributed by atoms with Crippen LogP contribution in [-0.4, -0.2) is 0 Å². The van der Waals surface area contributed by atoms with Crippen LogP contribution in [0.25, 0.3) is 32.7 Å². The van der Waals surface area contributed by atoms with Gasteiger partial charge in [-0.25, -0.2) is 0 Å². The standard InChI is InChI=1S/C27H18/c1-3-11-20-18(9-1)19-10-2-4-12-21(19)25-23-14-6-8-16-27(23)17-26(27)15-7-5-13-22(26)24(20)25/h1-16H,17H2. The number of allylic oxidation sites excluding steroid dienone is 8. The predicted molar refractivity (Wildman–Crippen MR) is 114 cm³/mol. The summed E-state index contributed by atoms with van der Waals surface area (Å²) in [6.07, 6.45) is 19.8. The molecule has 4 aliphatic rings. The molecule has 2 atom stereocenters. The van der Waals surface area contributed by atoms with Gasteiger partial charge >= 0.3 is 0 Å². The van der Waals surface area contributed by atoms with E-state index >= 15 is 0 Å². The summed E-state index contributed by atoms with van der Waals surface area (Å²) in [6.45, 7) is 0. The predicted octanol–water partition coefficient (Wildman–Crippen LogP) is 4.94. The van der Waals surface area contributed by atoms with E-state index in [9.17, 15) is 0 Å². The Hall–Kier alpha value is -3.12. The molecule has 0 saturated heterocycles. The van der Waals surface area contributed by atoms with Gasteiger partial charge in [-0.05, 0) is 49.5 Å². The molecule has 1 saturated carbocycles. The highest BCUT2D eigenvalue weighted by atomic mass is 14.7. The minimum atomic E-state index is 0.135. The monoisotopic (exact) mass is 342 g/mol. The van der Waals surface area contributed by atoms with Gasteiger partial charge in [0.25, 0.3) is 0 Å². The molecule has 2 unspecified atom stereocenters. The van der Waals surface area contributed by atoms with E-state index in [1.54, 1.807) is 0 Å². The van der Waals surface area contributed by atoms with Crippen LogP contribution < -0.4 is 10.4 Å². The molecule has 0 aliphatic heterocycles. The normalized spacial score (nSPS) is 28.9. The molecule has 7 rings (SSSR count). The first-order chi connectivity index (χ1) is 13.4. The van der Waals surface area contributed by atoms with E-state index in [0.717, 1.165) is 0 Å². The lowest BCUT2D eigenvalue weighted by atomic mass is 9.71. The van der Waals surface area contributed by atoms with Gasteiger partial charge in [-0.15, -0.1) is 0 Å². The minimum Gasteiger partial charge on any atom is -0.0727 e. The van der Waals surface area contributed by atoms with E-state index in [-0.39, 0.29) is 10.8 Å². The molecule has 0 heterocycles. The first-order valence-corrected chi connectivity index (χ1v) is 9.77. The summed E-state index contributed by atoms with van der Waals surface area (Å²) >= 11 is 0. The molecule has 0 amide bonds. The van der Waals surface area contributed by atoms with E-state index in [0.29, 0.717) is 0 Å². The van der Waals surface area contributed by atoms with Crippen LogP contribution in [0.1, 0.15) is 6.42 Å². The van der Waals surface area contributed by atoms with Crippen LogP contribution in [0.4, 0.5) is 0 Å². The number of hydrogen-bond acceptors (Lipinski definition) is 0. The Morgan fingerprint density at radius 3 is 1.44 bits per heavy atom. The lowest BCUT2D eigenvalue weighted by Gasteiger charge is -2.31. The Bertz CT molecular complexity index is 1330. The fourth-order valence-electron chi connectivity index (χ4n) is 6.02. The van der Waals surface area contributed by atoms with E-state index in [1.807, 2.05) is 0 Å².